The largest absolute Gasteiger partial charge is 0.484 e. The number of pyridine rings is 1. The number of hydrogen-bond donors (Lipinski definition) is 1. The summed E-state index contributed by atoms with van der Waals surface area (Å²) in [5.41, 5.74) is -0.509. The van der Waals surface area contributed by atoms with E-state index >= 15 is 0 Å². The summed E-state index contributed by atoms with van der Waals surface area (Å²) in [4.78, 5) is 30.9. The number of aromatic amines is 1. The zero-order chi connectivity index (χ0) is 19.6. The SMILES string of the molecule is CCOc1nc2[nH]c(=O)ccc2c(=O)n1-c1ccc(OCC(F)(F)F)cc1.[Na]. The topological polar surface area (TPSA) is 86.2 Å². The summed E-state index contributed by atoms with van der Waals surface area (Å²) >= 11 is 0. The van der Waals surface area contributed by atoms with Crippen molar-refractivity contribution in [2.45, 2.75) is 13.1 Å². The van der Waals surface area contributed by atoms with Gasteiger partial charge in [0.25, 0.3) is 5.56 Å². The van der Waals surface area contributed by atoms with Crippen molar-refractivity contribution in [1.82, 2.24) is 14.5 Å². The third kappa shape index (κ3) is 4.94. The molecule has 1 N–H and O–H groups in total. The number of halogens is 3. The maximum Gasteiger partial charge on any atom is 0.422 e. The molecule has 0 amide bonds. The van der Waals surface area contributed by atoms with Crippen LogP contribution in [0.15, 0.2) is 46.0 Å². The molecule has 0 bridgehead atoms. The van der Waals surface area contributed by atoms with E-state index in [1.807, 2.05) is 0 Å². The minimum atomic E-state index is -4.45. The van der Waals surface area contributed by atoms with Gasteiger partial charge < -0.3 is 14.5 Å². The van der Waals surface area contributed by atoms with Crippen LogP contribution in [0.3, 0.4) is 0 Å². The Bertz CT molecular complexity index is 1080. The fraction of sp³-hybridized carbons (Fsp3) is 0.235. The van der Waals surface area contributed by atoms with E-state index in [4.69, 9.17) is 4.74 Å². The molecule has 1 radical (unpaired) electrons. The Morgan fingerprint density at radius 3 is 2.36 bits per heavy atom. The van der Waals surface area contributed by atoms with Crippen LogP contribution < -0.4 is 20.6 Å². The van der Waals surface area contributed by atoms with E-state index in [0.29, 0.717) is 5.69 Å². The van der Waals surface area contributed by atoms with Crippen LogP contribution in [0.1, 0.15) is 6.92 Å². The molecule has 0 saturated heterocycles. The molecule has 3 rings (SSSR count). The third-order valence-corrected chi connectivity index (χ3v) is 3.50. The molecular formula is C17H14F3N3NaO4. The minimum absolute atomic E-state index is 0. The van der Waals surface area contributed by atoms with Crippen LogP contribution in [0.5, 0.6) is 11.8 Å². The Morgan fingerprint density at radius 1 is 1.07 bits per heavy atom. The van der Waals surface area contributed by atoms with Gasteiger partial charge in [-0.2, -0.15) is 18.2 Å². The summed E-state index contributed by atoms with van der Waals surface area (Å²) in [7, 11) is 0. The molecule has 0 atom stereocenters. The van der Waals surface area contributed by atoms with Gasteiger partial charge in [-0.05, 0) is 37.3 Å². The Hall–Kier alpha value is -2.30. The molecule has 0 fully saturated rings. The average molecular weight is 404 g/mol. The van der Waals surface area contributed by atoms with Crippen LogP contribution in [-0.2, 0) is 0 Å². The molecule has 0 aliphatic heterocycles. The van der Waals surface area contributed by atoms with Crippen molar-refractivity contribution < 1.29 is 22.6 Å². The molecule has 11 heteroatoms. The molecule has 0 saturated carbocycles. The quantitative estimate of drug-likeness (QED) is 0.658. The molecule has 28 heavy (non-hydrogen) atoms. The van der Waals surface area contributed by atoms with Gasteiger partial charge in [-0.1, -0.05) is 0 Å². The molecule has 1 aromatic carbocycles. The van der Waals surface area contributed by atoms with Crippen LogP contribution in [0.4, 0.5) is 13.2 Å². The van der Waals surface area contributed by atoms with Gasteiger partial charge >= 0.3 is 12.2 Å². The van der Waals surface area contributed by atoms with Crippen molar-refractivity contribution in [3.05, 3.63) is 57.1 Å². The molecule has 143 valence electrons. The molecule has 2 heterocycles. The van der Waals surface area contributed by atoms with E-state index in [-0.39, 0.29) is 59.0 Å². The summed E-state index contributed by atoms with van der Waals surface area (Å²) in [6.07, 6.45) is -4.45. The maximum atomic E-state index is 12.8. The standard InChI is InChI=1S/C17H14F3N3O4.Na/c1-2-26-16-22-14-12(7-8-13(24)21-14)15(25)23(16)10-3-5-11(6-4-10)27-9-17(18,19)20;/h3-8H,2,9H2,1H3,(H,21,24);. The third-order valence-electron chi connectivity index (χ3n) is 3.50. The van der Waals surface area contributed by atoms with Crippen LogP contribution >= 0.6 is 0 Å². The van der Waals surface area contributed by atoms with Gasteiger partial charge in [0.2, 0.25) is 5.56 Å². The van der Waals surface area contributed by atoms with E-state index in [9.17, 15) is 22.8 Å². The van der Waals surface area contributed by atoms with E-state index in [2.05, 4.69) is 14.7 Å². The van der Waals surface area contributed by atoms with Crippen molar-refractivity contribution >= 4 is 40.6 Å². The molecular weight excluding hydrogens is 390 g/mol. The summed E-state index contributed by atoms with van der Waals surface area (Å²) < 4.78 is 47.9. The Morgan fingerprint density at radius 2 is 1.75 bits per heavy atom. The van der Waals surface area contributed by atoms with Gasteiger partial charge in [-0.3, -0.25) is 9.59 Å². The second kappa shape index (κ2) is 8.80. The summed E-state index contributed by atoms with van der Waals surface area (Å²) in [6, 6.07) is 7.92. The number of rotatable bonds is 5. The van der Waals surface area contributed by atoms with Crippen LogP contribution in [0, 0.1) is 0 Å². The maximum absolute atomic E-state index is 12.8. The Kier molecular flexibility index (Phi) is 6.91. The van der Waals surface area contributed by atoms with Crippen LogP contribution in [0.2, 0.25) is 0 Å². The molecule has 3 aromatic rings. The average Bonchev–Trinajstić information content (AvgIpc) is 2.60. The molecule has 0 aliphatic carbocycles. The number of fused-ring (bicyclic) bond motifs is 1. The number of alkyl halides is 3. The van der Waals surface area contributed by atoms with Crippen molar-refractivity contribution in [2.24, 2.45) is 0 Å². The second-order valence-electron chi connectivity index (χ2n) is 5.45. The Balaban J connectivity index is 0.00000280. The summed E-state index contributed by atoms with van der Waals surface area (Å²) in [5, 5.41) is 0.162. The number of nitrogens with zero attached hydrogens (tertiary/aromatic N) is 2. The first-order valence-electron chi connectivity index (χ1n) is 7.87. The monoisotopic (exact) mass is 404 g/mol. The van der Waals surface area contributed by atoms with Crippen molar-refractivity contribution in [3.63, 3.8) is 0 Å². The summed E-state index contributed by atoms with van der Waals surface area (Å²) in [6.45, 7) is 0.492. The predicted octanol–water partition coefficient (Wildman–Crippen LogP) is 2.03. The van der Waals surface area contributed by atoms with Gasteiger partial charge in [-0.15, -0.1) is 0 Å². The van der Waals surface area contributed by atoms with Gasteiger partial charge in [0.05, 0.1) is 17.7 Å². The van der Waals surface area contributed by atoms with Crippen LogP contribution in [0.25, 0.3) is 16.7 Å². The number of aromatic nitrogens is 3. The van der Waals surface area contributed by atoms with E-state index < -0.39 is 23.9 Å². The second-order valence-corrected chi connectivity index (χ2v) is 5.45. The zero-order valence-electron chi connectivity index (χ0n) is 15.0. The number of ether oxygens (including phenoxy) is 2. The first-order valence-corrected chi connectivity index (χ1v) is 7.87. The smallest absolute Gasteiger partial charge is 0.422 e. The van der Waals surface area contributed by atoms with Gasteiger partial charge in [0.15, 0.2) is 12.3 Å². The predicted molar refractivity (Wildman–Crippen MR) is 96.4 cm³/mol. The van der Waals surface area contributed by atoms with E-state index in [0.717, 1.165) is 4.57 Å². The molecule has 0 unspecified atom stereocenters. The molecule has 0 aliphatic rings. The fourth-order valence-electron chi connectivity index (χ4n) is 2.39. The normalized spacial score (nSPS) is 11.1. The summed E-state index contributed by atoms with van der Waals surface area (Å²) in [5.74, 6) is 0.000150. The zero-order valence-corrected chi connectivity index (χ0v) is 17.0. The van der Waals surface area contributed by atoms with E-state index in [1.165, 1.54) is 36.4 Å². The van der Waals surface area contributed by atoms with Crippen molar-refractivity contribution in [1.29, 1.82) is 0 Å². The van der Waals surface area contributed by atoms with E-state index in [1.54, 1.807) is 6.92 Å². The first kappa shape index (κ1) is 22.0. The van der Waals surface area contributed by atoms with Gasteiger partial charge in [-0.25, -0.2) is 4.57 Å². The number of nitrogens with one attached hydrogen (secondary N) is 1. The first-order chi connectivity index (χ1) is 12.8. The van der Waals surface area contributed by atoms with Crippen molar-refractivity contribution in [3.8, 4) is 17.4 Å². The number of hydrogen-bond acceptors (Lipinski definition) is 5. The van der Waals surface area contributed by atoms with Crippen LogP contribution in [-0.4, -0.2) is 63.5 Å². The minimum Gasteiger partial charge on any atom is -0.484 e. The number of benzene rings is 1. The van der Waals surface area contributed by atoms with Crippen molar-refractivity contribution in [2.75, 3.05) is 13.2 Å². The molecule has 2 aromatic heterocycles. The fourth-order valence-corrected chi connectivity index (χ4v) is 2.39. The molecule has 0 spiro atoms. The van der Waals surface area contributed by atoms with Gasteiger partial charge in [0, 0.05) is 35.6 Å². The molecule has 7 nitrogen and oxygen atoms in total. The number of H-pyrrole nitrogens is 1. The Labute approximate surface area is 178 Å². The van der Waals surface area contributed by atoms with Gasteiger partial charge in [0.1, 0.15) is 5.75 Å².